The second kappa shape index (κ2) is 3.46. The lowest BCUT2D eigenvalue weighted by atomic mass is 9.89. The number of rotatable bonds is 2. The van der Waals surface area contributed by atoms with Gasteiger partial charge in [-0.3, -0.25) is 4.79 Å². The Balaban J connectivity index is 1.93. The topological polar surface area (TPSA) is 54.3 Å². The highest BCUT2D eigenvalue weighted by Crippen LogP contribution is 2.19. The maximum absolute atomic E-state index is 11.6. The molecule has 1 aliphatic carbocycles. The minimum Gasteiger partial charge on any atom is -0.393 e. The van der Waals surface area contributed by atoms with Gasteiger partial charge < -0.3 is 15.0 Å². The fourth-order valence-corrected chi connectivity index (χ4v) is 1.66. The SMILES string of the molecule is Cn1cccc1C(=O)NC1CC(O)C1. The van der Waals surface area contributed by atoms with Crippen LogP contribution in [-0.4, -0.2) is 27.7 Å². The minimum absolute atomic E-state index is 0.0607. The maximum atomic E-state index is 11.6. The van der Waals surface area contributed by atoms with Crippen molar-refractivity contribution >= 4 is 5.91 Å². The third-order valence-electron chi connectivity index (χ3n) is 2.62. The minimum atomic E-state index is -0.228. The molecule has 2 N–H and O–H groups in total. The molecule has 0 unspecified atom stereocenters. The smallest absolute Gasteiger partial charge is 0.268 e. The molecular weight excluding hydrogens is 180 g/mol. The second-order valence-corrected chi connectivity index (χ2v) is 3.80. The Morgan fingerprint density at radius 2 is 2.36 bits per heavy atom. The lowest BCUT2D eigenvalue weighted by molar-refractivity contribution is 0.0559. The van der Waals surface area contributed by atoms with Crippen molar-refractivity contribution in [3.05, 3.63) is 24.0 Å². The van der Waals surface area contributed by atoms with Crippen LogP contribution in [0.4, 0.5) is 0 Å². The number of carbonyl (C=O) groups is 1. The zero-order valence-electron chi connectivity index (χ0n) is 8.10. The molecule has 0 bridgehead atoms. The molecule has 1 fully saturated rings. The van der Waals surface area contributed by atoms with E-state index in [4.69, 9.17) is 5.11 Å². The molecule has 4 nitrogen and oxygen atoms in total. The Kier molecular flexibility index (Phi) is 2.29. The Hall–Kier alpha value is -1.29. The Morgan fingerprint density at radius 3 is 2.86 bits per heavy atom. The van der Waals surface area contributed by atoms with Crippen LogP contribution in [0, 0.1) is 0 Å². The summed E-state index contributed by atoms with van der Waals surface area (Å²) in [5.74, 6) is -0.0607. The van der Waals surface area contributed by atoms with Gasteiger partial charge >= 0.3 is 0 Å². The van der Waals surface area contributed by atoms with Gasteiger partial charge in [0, 0.05) is 19.3 Å². The maximum Gasteiger partial charge on any atom is 0.268 e. The molecule has 0 spiro atoms. The normalized spacial score (nSPS) is 25.6. The average Bonchev–Trinajstić information content (AvgIpc) is 2.48. The number of aryl methyl sites for hydroxylation is 1. The van der Waals surface area contributed by atoms with Crippen molar-refractivity contribution in [2.75, 3.05) is 0 Å². The zero-order valence-corrected chi connectivity index (χ0v) is 8.10. The van der Waals surface area contributed by atoms with Crippen molar-refractivity contribution < 1.29 is 9.90 Å². The zero-order chi connectivity index (χ0) is 10.1. The van der Waals surface area contributed by atoms with E-state index in [2.05, 4.69) is 5.32 Å². The number of aliphatic hydroxyl groups excluding tert-OH is 1. The van der Waals surface area contributed by atoms with E-state index < -0.39 is 0 Å². The van der Waals surface area contributed by atoms with Crippen LogP contribution in [0.1, 0.15) is 23.3 Å². The highest BCUT2D eigenvalue weighted by Gasteiger charge is 2.28. The molecule has 1 aromatic rings. The summed E-state index contributed by atoms with van der Waals surface area (Å²) < 4.78 is 1.78. The lowest BCUT2D eigenvalue weighted by Gasteiger charge is -2.31. The van der Waals surface area contributed by atoms with Gasteiger partial charge in [-0.05, 0) is 25.0 Å². The number of nitrogens with one attached hydrogen (secondary N) is 1. The van der Waals surface area contributed by atoms with Crippen LogP contribution in [0.5, 0.6) is 0 Å². The molecule has 14 heavy (non-hydrogen) atoms. The monoisotopic (exact) mass is 194 g/mol. The predicted octanol–water partition coefficient (Wildman–Crippen LogP) is 0.278. The molecule has 0 aliphatic heterocycles. The number of hydrogen-bond donors (Lipinski definition) is 2. The number of amides is 1. The molecule has 0 radical (unpaired) electrons. The van der Waals surface area contributed by atoms with Gasteiger partial charge in [-0.1, -0.05) is 0 Å². The molecule has 4 heteroatoms. The van der Waals surface area contributed by atoms with Crippen LogP contribution < -0.4 is 5.32 Å². The fourth-order valence-electron chi connectivity index (χ4n) is 1.66. The van der Waals surface area contributed by atoms with Crippen LogP contribution in [0.25, 0.3) is 0 Å². The van der Waals surface area contributed by atoms with Gasteiger partial charge in [0.2, 0.25) is 0 Å². The summed E-state index contributed by atoms with van der Waals surface area (Å²) in [5, 5.41) is 11.9. The number of carbonyl (C=O) groups excluding carboxylic acids is 1. The van der Waals surface area contributed by atoms with Gasteiger partial charge in [-0.25, -0.2) is 0 Å². The van der Waals surface area contributed by atoms with Gasteiger partial charge in [-0.2, -0.15) is 0 Å². The summed E-state index contributed by atoms with van der Waals surface area (Å²) in [4.78, 5) is 11.6. The summed E-state index contributed by atoms with van der Waals surface area (Å²) >= 11 is 0. The van der Waals surface area contributed by atoms with E-state index in [1.807, 2.05) is 19.3 Å². The first-order chi connectivity index (χ1) is 6.66. The van der Waals surface area contributed by atoms with Gasteiger partial charge in [0.1, 0.15) is 5.69 Å². The molecule has 76 valence electrons. The van der Waals surface area contributed by atoms with Crippen molar-refractivity contribution in [1.29, 1.82) is 0 Å². The Labute approximate surface area is 82.5 Å². The first-order valence-electron chi connectivity index (χ1n) is 4.77. The number of aliphatic hydroxyl groups is 1. The predicted molar refractivity (Wildman–Crippen MR) is 51.9 cm³/mol. The average molecular weight is 194 g/mol. The van der Waals surface area contributed by atoms with Crippen LogP contribution in [0.15, 0.2) is 18.3 Å². The summed E-state index contributed by atoms with van der Waals surface area (Å²) in [7, 11) is 1.84. The molecule has 0 atom stereocenters. The van der Waals surface area contributed by atoms with E-state index in [1.54, 1.807) is 10.6 Å². The van der Waals surface area contributed by atoms with Crippen molar-refractivity contribution in [2.45, 2.75) is 25.0 Å². The van der Waals surface area contributed by atoms with Gasteiger partial charge in [0.15, 0.2) is 0 Å². The second-order valence-electron chi connectivity index (χ2n) is 3.80. The molecule has 1 aromatic heterocycles. The lowest BCUT2D eigenvalue weighted by Crippen LogP contribution is -2.47. The first-order valence-corrected chi connectivity index (χ1v) is 4.77. The quantitative estimate of drug-likeness (QED) is 0.710. The standard InChI is InChI=1S/C10H14N2O2/c1-12-4-2-3-9(12)10(14)11-7-5-8(13)6-7/h2-4,7-8,13H,5-6H2,1H3,(H,11,14). The fraction of sp³-hybridized carbons (Fsp3) is 0.500. The van der Waals surface area contributed by atoms with E-state index in [1.165, 1.54) is 0 Å². The van der Waals surface area contributed by atoms with E-state index in [-0.39, 0.29) is 18.1 Å². The van der Waals surface area contributed by atoms with Crippen molar-refractivity contribution in [2.24, 2.45) is 7.05 Å². The van der Waals surface area contributed by atoms with Crippen LogP contribution in [-0.2, 0) is 7.05 Å². The van der Waals surface area contributed by atoms with Crippen LogP contribution in [0.2, 0.25) is 0 Å². The highest BCUT2D eigenvalue weighted by atomic mass is 16.3. The van der Waals surface area contributed by atoms with Gasteiger partial charge in [0.05, 0.1) is 6.10 Å². The summed E-state index contributed by atoms with van der Waals surface area (Å²) in [6, 6.07) is 3.77. The molecule has 1 saturated carbocycles. The van der Waals surface area contributed by atoms with Gasteiger partial charge in [-0.15, -0.1) is 0 Å². The van der Waals surface area contributed by atoms with Gasteiger partial charge in [0.25, 0.3) is 5.91 Å². The molecular formula is C10H14N2O2. The number of nitrogens with zero attached hydrogens (tertiary/aromatic N) is 1. The Morgan fingerprint density at radius 1 is 1.64 bits per heavy atom. The number of hydrogen-bond acceptors (Lipinski definition) is 2. The van der Waals surface area contributed by atoms with Crippen molar-refractivity contribution in [3.8, 4) is 0 Å². The summed E-state index contributed by atoms with van der Waals surface area (Å²) in [6.45, 7) is 0. The van der Waals surface area contributed by atoms with E-state index in [0.29, 0.717) is 18.5 Å². The first kappa shape index (κ1) is 9.27. The van der Waals surface area contributed by atoms with E-state index in [0.717, 1.165) is 0 Å². The number of aromatic nitrogens is 1. The third kappa shape index (κ3) is 1.65. The highest BCUT2D eigenvalue weighted by molar-refractivity contribution is 5.92. The van der Waals surface area contributed by atoms with Crippen LogP contribution in [0.3, 0.4) is 0 Å². The molecule has 1 amide bonds. The molecule has 2 rings (SSSR count). The van der Waals surface area contributed by atoms with E-state index in [9.17, 15) is 4.79 Å². The van der Waals surface area contributed by atoms with Crippen molar-refractivity contribution in [1.82, 2.24) is 9.88 Å². The van der Waals surface area contributed by atoms with Crippen molar-refractivity contribution in [3.63, 3.8) is 0 Å². The Bertz CT molecular complexity index is 340. The molecule has 0 aromatic carbocycles. The molecule has 1 aliphatic rings. The molecule has 1 heterocycles. The van der Waals surface area contributed by atoms with Crippen LogP contribution >= 0.6 is 0 Å². The largest absolute Gasteiger partial charge is 0.393 e. The summed E-state index contributed by atoms with van der Waals surface area (Å²) in [6.07, 6.45) is 2.96. The van der Waals surface area contributed by atoms with E-state index >= 15 is 0 Å². The molecule has 0 saturated heterocycles. The third-order valence-corrected chi connectivity index (χ3v) is 2.62. The summed E-state index contributed by atoms with van der Waals surface area (Å²) in [5.41, 5.74) is 0.659.